The lowest BCUT2D eigenvalue weighted by Gasteiger charge is -2.11. The first-order chi connectivity index (χ1) is 11.1. The van der Waals surface area contributed by atoms with Crippen molar-refractivity contribution in [2.45, 2.75) is 33.6 Å². The summed E-state index contributed by atoms with van der Waals surface area (Å²) in [5.74, 6) is 0.756. The van der Waals surface area contributed by atoms with Gasteiger partial charge < -0.3 is 4.74 Å². The van der Waals surface area contributed by atoms with E-state index in [4.69, 9.17) is 4.74 Å². The zero-order valence-electron chi connectivity index (χ0n) is 13.7. The number of nitriles is 1. The van der Waals surface area contributed by atoms with Crippen molar-refractivity contribution in [2.75, 3.05) is 7.11 Å². The van der Waals surface area contributed by atoms with Crippen LogP contribution < -0.4 is 4.74 Å². The molecule has 0 radical (unpaired) electrons. The summed E-state index contributed by atoms with van der Waals surface area (Å²) in [6.45, 7) is 6.14. The predicted molar refractivity (Wildman–Crippen MR) is 91.0 cm³/mol. The molecule has 0 saturated carbocycles. The fourth-order valence-corrected chi connectivity index (χ4v) is 3.79. The first-order valence-electron chi connectivity index (χ1n) is 7.53. The van der Waals surface area contributed by atoms with Crippen molar-refractivity contribution in [3.05, 3.63) is 34.0 Å². The van der Waals surface area contributed by atoms with E-state index in [9.17, 15) is 5.26 Å². The fraction of sp³-hybridized carbons (Fsp3) is 0.353. The molecule has 3 aromatic rings. The zero-order valence-corrected chi connectivity index (χ0v) is 14.5. The topological polar surface area (TPSA) is 63.2 Å². The molecule has 0 unspecified atom stereocenters. The molecule has 0 fully saturated rings. The Morgan fingerprint density at radius 3 is 2.78 bits per heavy atom. The van der Waals surface area contributed by atoms with E-state index < -0.39 is 0 Å². The minimum Gasteiger partial charge on any atom is -0.496 e. The molecule has 0 aliphatic rings. The Bertz CT molecular complexity index is 917. The molecule has 6 heteroatoms. The maximum atomic E-state index is 9.62. The number of aryl methyl sites for hydroxylation is 3. The van der Waals surface area contributed by atoms with Crippen LogP contribution in [0.15, 0.2) is 12.1 Å². The summed E-state index contributed by atoms with van der Waals surface area (Å²) in [5.41, 5.74) is 4.08. The lowest BCUT2D eigenvalue weighted by Crippen LogP contribution is -1.96. The number of hydrogen-bond acceptors (Lipinski definition) is 5. The summed E-state index contributed by atoms with van der Waals surface area (Å²) in [4.78, 5) is 5.42. The van der Waals surface area contributed by atoms with Crippen LogP contribution >= 0.6 is 11.3 Å². The van der Waals surface area contributed by atoms with Crippen molar-refractivity contribution in [1.82, 2.24) is 14.6 Å². The van der Waals surface area contributed by atoms with Gasteiger partial charge in [0.05, 0.1) is 7.11 Å². The third-order valence-electron chi connectivity index (χ3n) is 3.69. The van der Waals surface area contributed by atoms with Gasteiger partial charge in [-0.1, -0.05) is 24.3 Å². The highest BCUT2D eigenvalue weighted by atomic mass is 32.1. The minimum atomic E-state index is 0.460. The summed E-state index contributed by atoms with van der Waals surface area (Å²) in [6, 6.07) is 6.32. The molecule has 0 aliphatic carbocycles. The molecule has 1 aromatic carbocycles. The Hall–Kier alpha value is -2.39. The molecule has 2 heterocycles. The fourth-order valence-electron chi connectivity index (χ4n) is 2.79. The number of benzene rings is 1. The number of ether oxygens (including phenoxy) is 1. The lowest BCUT2D eigenvalue weighted by atomic mass is 10.0. The molecule has 0 amide bonds. The van der Waals surface area contributed by atoms with E-state index in [1.807, 2.05) is 19.9 Å². The van der Waals surface area contributed by atoms with E-state index in [2.05, 4.69) is 29.1 Å². The summed E-state index contributed by atoms with van der Waals surface area (Å²) in [7, 11) is 1.64. The van der Waals surface area contributed by atoms with Gasteiger partial charge in [0.25, 0.3) is 0 Å². The molecule has 5 nitrogen and oxygen atoms in total. The lowest BCUT2D eigenvalue weighted by molar-refractivity contribution is 0.413. The Morgan fingerprint density at radius 2 is 2.13 bits per heavy atom. The van der Waals surface area contributed by atoms with E-state index >= 15 is 0 Å². The predicted octanol–water partition coefficient (Wildman–Crippen LogP) is 3.91. The number of hydrogen-bond donors (Lipinski definition) is 0. The molecule has 118 valence electrons. The largest absolute Gasteiger partial charge is 0.496 e. The van der Waals surface area contributed by atoms with E-state index in [-0.39, 0.29) is 0 Å². The second-order valence-corrected chi connectivity index (χ2v) is 6.56. The molecule has 0 spiro atoms. The molecular weight excluding hydrogens is 308 g/mol. The quantitative estimate of drug-likeness (QED) is 0.729. The third-order valence-corrected chi connectivity index (χ3v) is 4.66. The Labute approximate surface area is 139 Å². The summed E-state index contributed by atoms with van der Waals surface area (Å²) in [6.07, 6.45) is 1.93. The van der Waals surface area contributed by atoms with E-state index in [1.165, 1.54) is 11.3 Å². The van der Waals surface area contributed by atoms with E-state index in [0.717, 1.165) is 45.3 Å². The molecular formula is C17H18N4OS. The Kier molecular flexibility index (Phi) is 4.05. The van der Waals surface area contributed by atoms with Crippen molar-refractivity contribution < 1.29 is 4.74 Å². The molecule has 0 atom stereocenters. The van der Waals surface area contributed by atoms with Gasteiger partial charge in [0.2, 0.25) is 4.96 Å². The maximum absolute atomic E-state index is 9.62. The van der Waals surface area contributed by atoms with Crippen LogP contribution in [0.3, 0.4) is 0 Å². The van der Waals surface area contributed by atoms with Crippen LogP contribution in [-0.4, -0.2) is 21.7 Å². The second-order valence-electron chi connectivity index (χ2n) is 5.52. The first-order valence-corrected chi connectivity index (χ1v) is 8.34. The monoisotopic (exact) mass is 326 g/mol. The van der Waals surface area contributed by atoms with Crippen molar-refractivity contribution >= 4 is 16.3 Å². The normalized spacial score (nSPS) is 10.9. The third kappa shape index (κ3) is 2.57. The average molecular weight is 326 g/mol. The molecule has 3 rings (SSSR count). The number of rotatable bonds is 4. The van der Waals surface area contributed by atoms with E-state index in [1.54, 1.807) is 11.6 Å². The zero-order chi connectivity index (χ0) is 16.6. The van der Waals surface area contributed by atoms with Gasteiger partial charge in [-0.15, -0.1) is 0 Å². The standard InChI is InChI=1S/C17H18N4OS/c1-5-6-14-20-21-13(9-18)15(19-17(21)23-14)12-8-10(2)7-11(3)16(12)22-4/h7-8H,5-6H2,1-4H3. The highest BCUT2D eigenvalue weighted by Gasteiger charge is 2.21. The molecule has 0 saturated heterocycles. The van der Waals surface area contributed by atoms with Crippen LogP contribution in [-0.2, 0) is 6.42 Å². The van der Waals surface area contributed by atoms with Crippen LogP contribution in [0.1, 0.15) is 35.2 Å². The summed E-state index contributed by atoms with van der Waals surface area (Å²) in [5, 5.41) is 15.2. The van der Waals surface area contributed by atoms with Crippen molar-refractivity contribution in [2.24, 2.45) is 0 Å². The van der Waals surface area contributed by atoms with E-state index in [0.29, 0.717) is 11.4 Å². The van der Waals surface area contributed by atoms with Gasteiger partial charge >= 0.3 is 0 Å². The maximum Gasteiger partial charge on any atom is 0.214 e. The van der Waals surface area contributed by atoms with Gasteiger partial charge in [-0.3, -0.25) is 0 Å². The molecule has 23 heavy (non-hydrogen) atoms. The SMILES string of the molecule is CCCc1nn2c(C#N)c(-c3cc(C)cc(C)c3OC)nc2s1. The van der Waals surface area contributed by atoms with Crippen molar-refractivity contribution in [3.8, 4) is 23.1 Å². The van der Waals surface area contributed by atoms with Crippen molar-refractivity contribution in [3.63, 3.8) is 0 Å². The van der Waals surface area contributed by atoms with Crippen LogP contribution in [0.5, 0.6) is 5.75 Å². The van der Waals surface area contributed by atoms with Gasteiger partial charge in [0.15, 0.2) is 5.69 Å². The number of imidazole rings is 1. The van der Waals surface area contributed by atoms with Crippen LogP contribution in [0.4, 0.5) is 0 Å². The second kappa shape index (κ2) is 6.01. The molecule has 0 bridgehead atoms. The number of methoxy groups -OCH3 is 1. The number of fused-ring (bicyclic) bond motifs is 1. The Balaban J connectivity index is 2.25. The van der Waals surface area contributed by atoms with Gasteiger partial charge in [-0.2, -0.15) is 14.9 Å². The average Bonchev–Trinajstić information content (AvgIpc) is 3.03. The smallest absolute Gasteiger partial charge is 0.214 e. The Morgan fingerprint density at radius 1 is 1.35 bits per heavy atom. The highest BCUT2D eigenvalue weighted by Crippen LogP contribution is 2.36. The van der Waals surface area contributed by atoms with Crippen LogP contribution in [0.25, 0.3) is 16.2 Å². The van der Waals surface area contributed by atoms with Crippen LogP contribution in [0.2, 0.25) is 0 Å². The molecule has 2 aromatic heterocycles. The molecule has 0 N–H and O–H groups in total. The minimum absolute atomic E-state index is 0.460. The van der Waals surface area contributed by atoms with Crippen molar-refractivity contribution in [1.29, 1.82) is 5.26 Å². The summed E-state index contributed by atoms with van der Waals surface area (Å²) < 4.78 is 7.20. The van der Waals surface area contributed by atoms with Crippen LogP contribution in [0, 0.1) is 25.2 Å². The number of nitrogens with zero attached hydrogens (tertiary/aromatic N) is 4. The van der Waals surface area contributed by atoms with Gasteiger partial charge in [-0.05, 0) is 37.5 Å². The van der Waals surface area contributed by atoms with Gasteiger partial charge in [0, 0.05) is 12.0 Å². The highest BCUT2D eigenvalue weighted by molar-refractivity contribution is 7.16. The first kappa shape index (κ1) is 15.5. The van der Waals surface area contributed by atoms with Gasteiger partial charge in [0.1, 0.15) is 22.5 Å². The summed E-state index contributed by atoms with van der Waals surface area (Å²) >= 11 is 1.54. The molecule has 0 aliphatic heterocycles. The van der Waals surface area contributed by atoms with Gasteiger partial charge in [-0.25, -0.2) is 4.98 Å². The number of aromatic nitrogens is 3.